The fourth-order valence-electron chi connectivity index (χ4n) is 2.76. The molecule has 0 aromatic heterocycles. The van der Waals surface area contributed by atoms with E-state index in [4.69, 9.17) is 0 Å². The normalized spacial score (nSPS) is 23.3. The van der Waals surface area contributed by atoms with Crippen LogP contribution in [0, 0.1) is 17.6 Å². The van der Waals surface area contributed by atoms with Crippen LogP contribution in [0.5, 0.6) is 0 Å². The Morgan fingerprint density at radius 1 is 1.32 bits per heavy atom. The number of nitrogens with one attached hydrogen (secondary N) is 2. The molecule has 0 radical (unpaired) electrons. The van der Waals surface area contributed by atoms with Crippen molar-refractivity contribution in [3.8, 4) is 0 Å². The summed E-state index contributed by atoms with van der Waals surface area (Å²) in [6.45, 7) is 2.39. The molecule has 1 aromatic carbocycles. The monoisotopic (exact) mass is 328 g/mol. The number of carbonyl (C=O) groups excluding carboxylic acids is 1. The first-order valence-electron chi connectivity index (χ1n) is 7.26. The number of benzene rings is 1. The summed E-state index contributed by atoms with van der Waals surface area (Å²) in [6.07, 6.45) is 3.76. The highest BCUT2D eigenvalue weighted by molar-refractivity contribution is 5.85. The Morgan fingerprint density at radius 3 is 2.82 bits per heavy atom. The van der Waals surface area contributed by atoms with Crippen LogP contribution in [0.15, 0.2) is 29.8 Å². The lowest BCUT2D eigenvalue weighted by Crippen LogP contribution is -2.30. The Bertz CT molecular complexity index is 592. The van der Waals surface area contributed by atoms with Crippen molar-refractivity contribution in [1.29, 1.82) is 0 Å². The molecule has 6 heteroatoms. The van der Waals surface area contributed by atoms with Gasteiger partial charge in [0.1, 0.15) is 0 Å². The number of hydrogen-bond acceptors (Lipinski definition) is 2. The first kappa shape index (κ1) is 16.9. The van der Waals surface area contributed by atoms with Gasteiger partial charge in [0.05, 0.1) is 0 Å². The van der Waals surface area contributed by atoms with Crippen LogP contribution in [-0.2, 0) is 4.79 Å². The largest absolute Gasteiger partial charge is 0.352 e. The molecule has 1 heterocycles. The van der Waals surface area contributed by atoms with Gasteiger partial charge in [-0.05, 0) is 43.0 Å². The van der Waals surface area contributed by atoms with Crippen molar-refractivity contribution < 1.29 is 13.6 Å². The van der Waals surface area contributed by atoms with Crippen LogP contribution >= 0.6 is 12.4 Å². The van der Waals surface area contributed by atoms with E-state index in [1.165, 1.54) is 11.6 Å². The highest BCUT2D eigenvalue weighted by atomic mass is 35.5. The second-order valence-electron chi connectivity index (χ2n) is 5.66. The Hall–Kier alpha value is -1.46. The summed E-state index contributed by atoms with van der Waals surface area (Å²) in [5.74, 6) is -1.79. The smallest absolute Gasteiger partial charge is 0.224 e. The van der Waals surface area contributed by atoms with Gasteiger partial charge in [0.15, 0.2) is 11.6 Å². The predicted molar refractivity (Wildman–Crippen MR) is 83.0 cm³/mol. The van der Waals surface area contributed by atoms with E-state index in [1.807, 2.05) is 0 Å². The average molecular weight is 329 g/mol. The molecule has 0 saturated heterocycles. The quantitative estimate of drug-likeness (QED) is 0.834. The Morgan fingerprint density at radius 2 is 2.14 bits per heavy atom. The van der Waals surface area contributed by atoms with Crippen LogP contribution in [0.25, 0.3) is 0 Å². The first-order chi connectivity index (χ1) is 10.1. The third kappa shape index (κ3) is 3.84. The van der Waals surface area contributed by atoms with Crippen molar-refractivity contribution in [3.63, 3.8) is 0 Å². The molecule has 2 N–H and O–H groups in total. The van der Waals surface area contributed by atoms with Gasteiger partial charge in [-0.15, -0.1) is 12.4 Å². The van der Waals surface area contributed by atoms with E-state index in [1.54, 1.807) is 6.07 Å². The Balaban J connectivity index is 0.00000176. The summed E-state index contributed by atoms with van der Waals surface area (Å²) in [5.41, 5.74) is 1.95. The Kier molecular flexibility index (Phi) is 5.53. The van der Waals surface area contributed by atoms with Crippen molar-refractivity contribution >= 4 is 18.3 Å². The van der Waals surface area contributed by atoms with Gasteiger partial charge < -0.3 is 10.6 Å². The van der Waals surface area contributed by atoms with Crippen LogP contribution in [-0.4, -0.2) is 25.5 Å². The SMILES string of the molecule is Cl.O=C(NCC1=CCNCC1)C1CC1c1ccc(F)c(F)c1. The zero-order valence-corrected chi connectivity index (χ0v) is 12.9. The van der Waals surface area contributed by atoms with Gasteiger partial charge in [0.25, 0.3) is 0 Å². The lowest BCUT2D eigenvalue weighted by Gasteiger charge is -2.14. The summed E-state index contributed by atoms with van der Waals surface area (Å²) in [7, 11) is 0. The molecular weight excluding hydrogens is 310 g/mol. The molecule has 0 bridgehead atoms. The molecule has 2 atom stereocenters. The van der Waals surface area contributed by atoms with E-state index >= 15 is 0 Å². The number of halogens is 3. The van der Waals surface area contributed by atoms with Crippen molar-refractivity contribution in [3.05, 3.63) is 47.0 Å². The third-order valence-corrected chi connectivity index (χ3v) is 4.15. The molecular formula is C16H19ClF2N2O. The maximum Gasteiger partial charge on any atom is 0.224 e. The van der Waals surface area contributed by atoms with Gasteiger partial charge in [0.2, 0.25) is 5.91 Å². The average Bonchev–Trinajstić information content (AvgIpc) is 3.29. The van der Waals surface area contributed by atoms with Crippen molar-refractivity contribution in [2.45, 2.75) is 18.8 Å². The number of amides is 1. The van der Waals surface area contributed by atoms with Crippen molar-refractivity contribution in [2.24, 2.45) is 5.92 Å². The fourth-order valence-corrected chi connectivity index (χ4v) is 2.76. The summed E-state index contributed by atoms with van der Waals surface area (Å²) >= 11 is 0. The van der Waals surface area contributed by atoms with E-state index in [2.05, 4.69) is 16.7 Å². The van der Waals surface area contributed by atoms with Gasteiger partial charge >= 0.3 is 0 Å². The van der Waals surface area contributed by atoms with E-state index in [0.29, 0.717) is 18.5 Å². The van der Waals surface area contributed by atoms with Crippen molar-refractivity contribution in [2.75, 3.05) is 19.6 Å². The summed E-state index contributed by atoms with van der Waals surface area (Å²) in [5, 5.41) is 6.16. The van der Waals surface area contributed by atoms with Crippen LogP contribution < -0.4 is 10.6 Å². The topological polar surface area (TPSA) is 41.1 Å². The van der Waals surface area contributed by atoms with Crippen molar-refractivity contribution in [1.82, 2.24) is 10.6 Å². The second kappa shape index (κ2) is 7.20. The van der Waals surface area contributed by atoms with E-state index < -0.39 is 11.6 Å². The predicted octanol–water partition coefficient (Wildman–Crippen LogP) is 2.53. The molecule has 22 heavy (non-hydrogen) atoms. The number of rotatable bonds is 4. The van der Waals surface area contributed by atoms with Crippen LogP contribution in [0.2, 0.25) is 0 Å². The van der Waals surface area contributed by atoms with Gasteiger partial charge in [0, 0.05) is 19.0 Å². The molecule has 3 nitrogen and oxygen atoms in total. The fraction of sp³-hybridized carbons (Fsp3) is 0.438. The number of hydrogen-bond donors (Lipinski definition) is 2. The van der Waals surface area contributed by atoms with Gasteiger partial charge in [-0.2, -0.15) is 0 Å². The minimum Gasteiger partial charge on any atom is -0.352 e. The molecule has 1 amide bonds. The molecule has 1 aromatic rings. The highest BCUT2D eigenvalue weighted by Crippen LogP contribution is 2.47. The van der Waals surface area contributed by atoms with Crippen LogP contribution in [0.1, 0.15) is 24.3 Å². The van der Waals surface area contributed by atoms with Crippen LogP contribution in [0.3, 0.4) is 0 Å². The molecule has 1 aliphatic heterocycles. The molecule has 3 rings (SSSR count). The minimum atomic E-state index is -0.849. The maximum absolute atomic E-state index is 13.2. The zero-order chi connectivity index (χ0) is 14.8. The lowest BCUT2D eigenvalue weighted by atomic mass is 10.1. The summed E-state index contributed by atoms with van der Waals surface area (Å²) in [6, 6.07) is 3.88. The summed E-state index contributed by atoms with van der Waals surface area (Å²) < 4.78 is 26.1. The molecule has 1 fully saturated rings. The van der Waals surface area contributed by atoms with Gasteiger partial charge in [-0.1, -0.05) is 17.7 Å². The van der Waals surface area contributed by atoms with Gasteiger partial charge in [-0.3, -0.25) is 4.79 Å². The standard InChI is InChI=1S/C16H18F2N2O.ClH/c17-14-2-1-11(7-15(14)18)12-8-13(12)16(21)20-9-10-3-5-19-6-4-10;/h1-3,7,12-13,19H,4-6,8-9H2,(H,20,21);1H. The maximum atomic E-state index is 13.2. The molecule has 120 valence electrons. The second-order valence-corrected chi connectivity index (χ2v) is 5.66. The lowest BCUT2D eigenvalue weighted by molar-refractivity contribution is -0.122. The molecule has 2 aliphatic rings. The molecule has 1 saturated carbocycles. The van der Waals surface area contributed by atoms with E-state index in [0.717, 1.165) is 25.6 Å². The third-order valence-electron chi connectivity index (χ3n) is 4.15. The molecule has 0 spiro atoms. The molecule has 2 unspecified atom stereocenters. The Labute approximate surface area is 134 Å². The minimum absolute atomic E-state index is 0. The van der Waals surface area contributed by atoms with Crippen LogP contribution in [0.4, 0.5) is 8.78 Å². The number of carbonyl (C=O) groups is 1. The molecule has 1 aliphatic carbocycles. The first-order valence-corrected chi connectivity index (χ1v) is 7.26. The van der Waals surface area contributed by atoms with E-state index in [9.17, 15) is 13.6 Å². The summed E-state index contributed by atoms with van der Waals surface area (Å²) in [4.78, 5) is 12.1. The highest BCUT2D eigenvalue weighted by Gasteiger charge is 2.44. The zero-order valence-electron chi connectivity index (χ0n) is 12.1. The van der Waals surface area contributed by atoms with Gasteiger partial charge in [-0.25, -0.2) is 8.78 Å². The van der Waals surface area contributed by atoms with E-state index in [-0.39, 0.29) is 30.2 Å².